The first-order chi connectivity index (χ1) is 9.79. The Bertz CT molecular complexity index is 490. The Morgan fingerprint density at radius 2 is 2.05 bits per heavy atom. The molecule has 1 aromatic rings. The Morgan fingerprint density at radius 1 is 1.38 bits per heavy atom. The maximum absolute atomic E-state index is 11.8. The zero-order valence-corrected chi connectivity index (χ0v) is 13.5. The van der Waals surface area contributed by atoms with Gasteiger partial charge in [-0.05, 0) is 40.9 Å². The average Bonchev–Trinajstić information content (AvgIpc) is 2.85. The lowest BCUT2D eigenvalue weighted by Gasteiger charge is -2.18. The molecule has 2 unspecified atom stereocenters. The second-order valence-electron chi connectivity index (χ2n) is 5.21. The lowest BCUT2D eigenvalue weighted by molar-refractivity contribution is 0.0691. The van der Waals surface area contributed by atoms with Crippen molar-refractivity contribution < 1.29 is 14.7 Å². The van der Waals surface area contributed by atoms with E-state index < -0.39 is 5.97 Å². The van der Waals surface area contributed by atoms with Gasteiger partial charge < -0.3 is 20.6 Å². The van der Waals surface area contributed by atoms with Gasteiger partial charge in [0.1, 0.15) is 5.01 Å². The second-order valence-corrected chi connectivity index (χ2v) is 6.10. The molecule has 0 saturated carbocycles. The molecular formula is C13H22N4O3S. The topological polar surface area (TPSA) is 94.6 Å². The van der Waals surface area contributed by atoms with Gasteiger partial charge in [-0.15, -0.1) is 11.3 Å². The summed E-state index contributed by atoms with van der Waals surface area (Å²) in [6.07, 6.45) is 0.856. The number of hydrogen-bond donors (Lipinski definition) is 3. The van der Waals surface area contributed by atoms with Crippen LogP contribution in [0.3, 0.4) is 0 Å². The lowest BCUT2D eigenvalue weighted by atomic mass is 10.2. The number of carboxylic acids is 1. The molecule has 2 amide bonds. The molecule has 0 aliphatic carbocycles. The van der Waals surface area contributed by atoms with Gasteiger partial charge in [0, 0.05) is 11.4 Å². The number of nitrogens with zero attached hydrogens (tertiary/aromatic N) is 2. The van der Waals surface area contributed by atoms with Crippen molar-refractivity contribution in [2.75, 3.05) is 20.6 Å². The van der Waals surface area contributed by atoms with Crippen LogP contribution in [0.15, 0.2) is 5.38 Å². The Hall–Kier alpha value is -1.67. The lowest BCUT2D eigenvalue weighted by Crippen LogP contribution is -2.42. The summed E-state index contributed by atoms with van der Waals surface area (Å²) in [4.78, 5) is 28.6. The quantitative estimate of drug-likeness (QED) is 0.709. The van der Waals surface area contributed by atoms with Gasteiger partial charge in [0.25, 0.3) is 0 Å². The minimum Gasteiger partial charge on any atom is -0.476 e. The number of urea groups is 1. The summed E-state index contributed by atoms with van der Waals surface area (Å²) in [6.45, 7) is 4.61. The fraction of sp³-hybridized carbons (Fsp3) is 0.615. The minimum absolute atomic E-state index is 0.00316. The van der Waals surface area contributed by atoms with E-state index in [4.69, 9.17) is 5.11 Å². The Kier molecular flexibility index (Phi) is 6.57. The van der Waals surface area contributed by atoms with Gasteiger partial charge in [0.05, 0.1) is 6.04 Å². The molecule has 3 N–H and O–H groups in total. The van der Waals surface area contributed by atoms with Crippen LogP contribution in [0.1, 0.15) is 41.8 Å². The van der Waals surface area contributed by atoms with Crippen LogP contribution in [0.2, 0.25) is 0 Å². The highest BCUT2D eigenvalue weighted by Crippen LogP contribution is 2.17. The zero-order valence-electron chi connectivity index (χ0n) is 12.7. The molecule has 0 fully saturated rings. The third-order valence-corrected chi connectivity index (χ3v) is 3.87. The molecule has 0 aromatic carbocycles. The van der Waals surface area contributed by atoms with Crippen LogP contribution in [0.5, 0.6) is 0 Å². The number of rotatable bonds is 7. The molecule has 2 atom stereocenters. The molecule has 0 radical (unpaired) electrons. The van der Waals surface area contributed by atoms with Gasteiger partial charge in [0.2, 0.25) is 0 Å². The van der Waals surface area contributed by atoms with Crippen LogP contribution in [-0.2, 0) is 0 Å². The van der Waals surface area contributed by atoms with Crippen molar-refractivity contribution >= 4 is 23.3 Å². The molecule has 0 aliphatic heterocycles. The standard InChI is InChI=1S/C13H22N4O3S/c1-8(5-6-17(3)4)14-13(20)15-9(2)11-16-10(7-21-11)12(18)19/h7-9H,5-6H2,1-4H3,(H,18,19)(H2,14,15,20). The fourth-order valence-corrected chi connectivity index (χ4v) is 2.43. The third-order valence-electron chi connectivity index (χ3n) is 2.85. The average molecular weight is 314 g/mol. The molecule has 1 aromatic heterocycles. The molecule has 1 rings (SSSR count). The smallest absolute Gasteiger partial charge is 0.355 e. The van der Waals surface area contributed by atoms with Crippen molar-refractivity contribution in [2.45, 2.75) is 32.4 Å². The predicted octanol–water partition coefficient (Wildman–Crippen LogP) is 1.54. The molecule has 0 saturated heterocycles. The van der Waals surface area contributed by atoms with Crippen LogP contribution >= 0.6 is 11.3 Å². The SMILES string of the molecule is CC(CCN(C)C)NC(=O)NC(C)c1nc(C(=O)O)cs1. The van der Waals surface area contributed by atoms with E-state index in [-0.39, 0.29) is 23.8 Å². The highest BCUT2D eigenvalue weighted by Gasteiger charge is 2.16. The summed E-state index contributed by atoms with van der Waals surface area (Å²) in [5, 5.41) is 16.5. The number of amides is 2. The molecule has 21 heavy (non-hydrogen) atoms. The maximum Gasteiger partial charge on any atom is 0.355 e. The van der Waals surface area contributed by atoms with Gasteiger partial charge in [0.15, 0.2) is 5.69 Å². The second kappa shape index (κ2) is 7.94. The number of hydrogen-bond acceptors (Lipinski definition) is 5. The van der Waals surface area contributed by atoms with E-state index in [2.05, 4.69) is 20.5 Å². The van der Waals surface area contributed by atoms with Crippen LogP contribution in [-0.4, -0.2) is 53.7 Å². The Morgan fingerprint density at radius 3 is 2.57 bits per heavy atom. The Balaban J connectivity index is 2.44. The van der Waals surface area contributed by atoms with Crippen LogP contribution in [0, 0.1) is 0 Å². The van der Waals surface area contributed by atoms with Crippen molar-refractivity contribution in [1.82, 2.24) is 20.5 Å². The van der Waals surface area contributed by atoms with E-state index in [0.29, 0.717) is 5.01 Å². The van der Waals surface area contributed by atoms with E-state index >= 15 is 0 Å². The fourth-order valence-electron chi connectivity index (χ4n) is 1.63. The van der Waals surface area contributed by atoms with E-state index in [1.54, 1.807) is 6.92 Å². The van der Waals surface area contributed by atoms with E-state index in [9.17, 15) is 9.59 Å². The highest BCUT2D eigenvalue weighted by molar-refractivity contribution is 7.09. The molecule has 0 bridgehead atoms. The number of carbonyl (C=O) groups is 2. The number of nitrogens with one attached hydrogen (secondary N) is 2. The highest BCUT2D eigenvalue weighted by atomic mass is 32.1. The largest absolute Gasteiger partial charge is 0.476 e. The first kappa shape index (κ1) is 17.4. The normalized spacial score (nSPS) is 13.8. The van der Waals surface area contributed by atoms with Crippen molar-refractivity contribution in [2.24, 2.45) is 0 Å². The van der Waals surface area contributed by atoms with Gasteiger partial charge in [-0.2, -0.15) is 0 Å². The predicted molar refractivity (Wildman–Crippen MR) is 81.8 cm³/mol. The summed E-state index contributed by atoms with van der Waals surface area (Å²) in [5.41, 5.74) is 0.00316. The summed E-state index contributed by atoms with van der Waals surface area (Å²) in [7, 11) is 3.97. The number of aromatic nitrogens is 1. The maximum atomic E-state index is 11.8. The molecule has 1 heterocycles. The van der Waals surface area contributed by atoms with Crippen LogP contribution < -0.4 is 10.6 Å². The summed E-state index contributed by atoms with van der Waals surface area (Å²) in [5.74, 6) is -1.06. The third kappa shape index (κ3) is 6.09. The first-order valence-corrected chi connectivity index (χ1v) is 7.58. The molecule has 118 valence electrons. The molecule has 0 spiro atoms. The molecule has 8 heteroatoms. The van der Waals surface area contributed by atoms with Crippen molar-refractivity contribution in [3.63, 3.8) is 0 Å². The monoisotopic (exact) mass is 314 g/mol. The van der Waals surface area contributed by atoms with E-state index in [0.717, 1.165) is 13.0 Å². The molecular weight excluding hydrogens is 292 g/mol. The molecule has 7 nitrogen and oxygen atoms in total. The minimum atomic E-state index is -1.06. The molecule has 0 aliphatic rings. The van der Waals surface area contributed by atoms with Gasteiger partial charge in [-0.25, -0.2) is 14.6 Å². The number of thiazole rings is 1. The van der Waals surface area contributed by atoms with Crippen LogP contribution in [0.4, 0.5) is 4.79 Å². The van der Waals surface area contributed by atoms with Gasteiger partial charge in [-0.1, -0.05) is 0 Å². The van der Waals surface area contributed by atoms with Gasteiger partial charge >= 0.3 is 12.0 Å². The number of aromatic carboxylic acids is 1. The summed E-state index contributed by atoms with van der Waals surface area (Å²) >= 11 is 1.22. The van der Waals surface area contributed by atoms with Crippen molar-refractivity contribution in [3.8, 4) is 0 Å². The number of carboxylic acid groups (broad SMARTS) is 1. The number of carbonyl (C=O) groups excluding carboxylic acids is 1. The van der Waals surface area contributed by atoms with E-state index in [1.165, 1.54) is 16.7 Å². The first-order valence-electron chi connectivity index (χ1n) is 6.70. The van der Waals surface area contributed by atoms with Gasteiger partial charge in [-0.3, -0.25) is 0 Å². The van der Waals surface area contributed by atoms with Crippen molar-refractivity contribution in [1.29, 1.82) is 0 Å². The summed E-state index contributed by atoms with van der Waals surface area (Å²) < 4.78 is 0. The Labute approximate surface area is 128 Å². The van der Waals surface area contributed by atoms with E-state index in [1.807, 2.05) is 21.0 Å². The van der Waals surface area contributed by atoms with Crippen molar-refractivity contribution in [3.05, 3.63) is 16.1 Å². The summed E-state index contributed by atoms with van der Waals surface area (Å²) in [6, 6.07) is -0.546. The zero-order chi connectivity index (χ0) is 16.0. The van der Waals surface area contributed by atoms with Crippen LogP contribution in [0.25, 0.3) is 0 Å².